The number of hydrogen-bond donors (Lipinski definition) is 1. The number of ether oxygens (including phenoxy) is 3. The van der Waals surface area contributed by atoms with Crippen molar-refractivity contribution in [3.8, 4) is 0 Å². The molecule has 1 unspecified atom stereocenters. The van der Waals surface area contributed by atoms with Gasteiger partial charge in [0.1, 0.15) is 5.76 Å². The topological polar surface area (TPSA) is 65.0 Å². The molecule has 0 saturated heterocycles. The lowest BCUT2D eigenvalue weighted by atomic mass is 10.2. The van der Waals surface area contributed by atoms with Crippen LogP contribution < -0.4 is 0 Å². The van der Waals surface area contributed by atoms with E-state index in [0.29, 0.717) is 12.4 Å². The molecule has 0 aromatic heterocycles. The summed E-state index contributed by atoms with van der Waals surface area (Å²) in [7, 11) is 0. The molecule has 5 heteroatoms. The van der Waals surface area contributed by atoms with Crippen molar-refractivity contribution >= 4 is 5.97 Å². The molecule has 1 N–H and O–H groups in total. The van der Waals surface area contributed by atoms with Gasteiger partial charge in [0, 0.05) is 20.3 Å². The highest BCUT2D eigenvalue weighted by atomic mass is 16.7. The number of carbonyl (C=O) groups excluding carboxylic acids is 1. The minimum atomic E-state index is -0.994. The van der Waals surface area contributed by atoms with Gasteiger partial charge in [0.25, 0.3) is 0 Å². The number of esters is 1. The van der Waals surface area contributed by atoms with Crippen molar-refractivity contribution in [2.24, 2.45) is 0 Å². The summed E-state index contributed by atoms with van der Waals surface area (Å²) in [5, 5.41) is 9.94. The second-order valence-corrected chi connectivity index (χ2v) is 5.39. The molecule has 1 aliphatic heterocycles. The zero-order chi connectivity index (χ0) is 15.3. The molecule has 1 atom stereocenters. The number of aliphatic hydroxyl groups excluding tert-OH is 1. The average Bonchev–Trinajstić information content (AvgIpc) is 2.37. The number of cyclic esters (lactones) is 1. The molecular formula is C16H20O5. The summed E-state index contributed by atoms with van der Waals surface area (Å²) in [5.74, 6) is -1.04. The minimum Gasteiger partial charge on any atom is -0.457 e. The van der Waals surface area contributed by atoms with Crippen LogP contribution in [-0.2, 0) is 25.6 Å². The molecule has 114 valence electrons. The highest BCUT2D eigenvalue weighted by Crippen LogP contribution is 2.24. The van der Waals surface area contributed by atoms with Gasteiger partial charge in [-0.25, -0.2) is 4.79 Å². The van der Waals surface area contributed by atoms with Gasteiger partial charge in [0.2, 0.25) is 5.79 Å². The van der Waals surface area contributed by atoms with Gasteiger partial charge in [-0.05, 0) is 5.56 Å². The van der Waals surface area contributed by atoms with Crippen molar-refractivity contribution in [2.45, 2.75) is 38.8 Å². The Morgan fingerprint density at radius 3 is 2.62 bits per heavy atom. The Hall–Kier alpha value is -1.85. The molecule has 1 aromatic rings. The van der Waals surface area contributed by atoms with E-state index < -0.39 is 17.9 Å². The van der Waals surface area contributed by atoms with Gasteiger partial charge in [-0.15, -0.1) is 0 Å². The highest BCUT2D eigenvalue weighted by Gasteiger charge is 2.30. The first-order chi connectivity index (χ1) is 9.94. The van der Waals surface area contributed by atoms with E-state index in [1.54, 1.807) is 13.8 Å². The number of aliphatic hydroxyl groups is 1. The van der Waals surface area contributed by atoms with Gasteiger partial charge in [0.15, 0.2) is 0 Å². The standard InChI is InChI=1S/C16H20O5/c1-16(2)20-14(9-15(18)21-16)8-13(17)11-19-10-12-6-4-3-5-7-12/h3-7,9,13,17H,8,10-11H2,1-2H3. The molecular weight excluding hydrogens is 272 g/mol. The van der Waals surface area contributed by atoms with E-state index in [9.17, 15) is 9.90 Å². The molecule has 0 radical (unpaired) electrons. The monoisotopic (exact) mass is 292 g/mol. The van der Waals surface area contributed by atoms with Crippen molar-refractivity contribution in [3.63, 3.8) is 0 Å². The Morgan fingerprint density at radius 2 is 1.95 bits per heavy atom. The number of carbonyl (C=O) groups is 1. The Bertz CT molecular complexity index is 507. The van der Waals surface area contributed by atoms with Crippen LogP contribution in [0.25, 0.3) is 0 Å². The summed E-state index contributed by atoms with van der Waals surface area (Å²) in [6, 6.07) is 9.72. The van der Waals surface area contributed by atoms with Crippen molar-refractivity contribution < 1.29 is 24.1 Å². The van der Waals surface area contributed by atoms with E-state index in [-0.39, 0.29) is 13.0 Å². The first-order valence-corrected chi connectivity index (χ1v) is 6.87. The quantitative estimate of drug-likeness (QED) is 0.814. The van der Waals surface area contributed by atoms with Gasteiger partial charge < -0.3 is 19.3 Å². The second-order valence-electron chi connectivity index (χ2n) is 5.39. The third-order valence-electron chi connectivity index (χ3n) is 2.86. The van der Waals surface area contributed by atoms with Crippen LogP contribution in [0.4, 0.5) is 0 Å². The van der Waals surface area contributed by atoms with Crippen LogP contribution in [0.1, 0.15) is 25.8 Å². The predicted molar refractivity (Wildman–Crippen MR) is 76.1 cm³/mol. The van der Waals surface area contributed by atoms with E-state index in [0.717, 1.165) is 5.56 Å². The number of hydrogen-bond acceptors (Lipinski definition) is 5. The van der Waals surface area contributed by atoms with E-state index in [1.165, 1.54) is 6.08 Å². The predicted octanol–water partition coefficient (Wildman–Crippen LogP) is 2.15. The molecule has 0 aliphatic carbocycles. The van der Waals surface area contributed by atoms with Gasteiger partial charge in [-0.1, -0.05) is 30.3 Å². The molecule has 1 aromatic carbocycles. The molecule has 2 rings (SSSR count). The van der Waals surface area contributed by atoms with Gasteiger partial charge in [-0.2, -0.15) is 0 Å². The summed E-state index contributed by atoms with van der Waals surface area (Å²) in [6.45, 7) is 3.91. The fraction of sp³-hybridized carbons (Fsp3) is 0.438. The van der Waals surface area contributed by atoms with Crippen LogP contribution >= 0.6 is 0 Å². The number of rotatable bonds is 6. The largest absolute Gasteiger partial charge is 0.457 e. The average molecular weight is 292 g/mol. The zero-order valence-corrected chi connectivity index (χ0v) is 12.2. The maximum Gasteiger partial charge on any atom is 0.337 e. The van der Waals surface area contributed by atoms with Crippen molar-refractivity contribution in [2.75, 3.05) is 6.61 Å². The van der Waals surface area contributed by atoms with Crippen LogP contribution in [0.5, 0.6) is 0 Å². The Morgan fingerprint density at radius 1 is 1.24 bits per heavy atom. The lowest BCUT2D eigenvalue weighted by molar-refractivity contribution is -0.207. The Kier molecular flexibility index (Phi) is 4.98. The summed E-state index contributed by atoms with van der Waals surface area (Å²) in [4.78, 5) is 11.4. The van der Waals surface area contributed by atoms with Gasteiger partial charge >= 0.3 is 5.97 Å². The third-order valence-corrected chi connectivity index (χ3v) is 2.86. The molecule has 0 fully saturated rings. The van der Waals surface area contributed by atoms with Crippen molar-refractivity contribution in [1.82, 2.24) is 0 Å². The van der Waals surface area contributed by atoms with E-state index >= 15 is 0 Å². The smallest absolute Gasteiger partial charge is 0.337 e. The Balaban J connectivity index is 1.77. The minimum absolute atomic E-state index is 0.172. The van der Waals surface area contributed by atoms with E-state index in [4.69, 9.17) is 14.2 Å². The maximum atomic E-state index is 11.4. The molecule has 0 spiro atoms. The molecule has 5 nitrogen and oxygen atoms in total. The third kappa shape index (κ3) is 5.21. The van der Waals surface area contributed by atoms with E-state index in [1.807, 2.05) is 30.3 Å². The van der Waals surface area contributed by atoms with Crippen molar-refractivity contribution in [1.29, 1.82) is 0 Å². The summed E-state index contributed by atoms with van der Waals surface area (Å²) in [6.07, 6.45) is 0.737. The molecule has 0 saturated carbocycles. The molecule has 1 heterocycles. The second kappa shape index (κ2) is 6.74. The normalized spacial score (nSPS) is 18.4. The number of benzene rings is 1. The van der Waals surface area contributed by atoms with Crippen LogP contribution in [0.15, 0.2) is 42.2 Å². The van der Waals surface area contributed by atoms with Crippen LogP contribution in [-0.4, -0.2) is 29.6 Å². The molecule has 0 bridgehead atoms. The Labute approximate surface area is 124 Å². The zero-order valence-electron chi connectivity index (χ0n) is 12.2. The maximum absolute atomic E-state index is 11.4. The van der Waals surface area contributed by atoms with Crippen LogP contribution in [0, 0.1) is 0 Å². The lowest BCUT2D eigenvalue weighted by Gasteiger charge is -2.31. The first kappa shape index (κ1) is 15.5. The van der Waals surface area contributed by atoms with Gasteiger partial charge in [0.05, 0.1) is 25.4 Å². The van der Waals surface area contributed by atoms with Crippen molar-refractivity contribution in [3.05, 3.63) is 47.7 Å². The SMILES string of the molecule is CC1(C)OC(=O)C=C(CC(O)COCc2ccccc2)O1. The van der Waals surface area contributed by atoms with E-state index in [2.05, 4.69) is 0 Å². The molecule has 0 amide bonds. The fourth-order valence-electron chi connectivity index (χ4n) is 2.05. The summed E-state index contributed by atoms with van der Waals surface area (Å²) < 4.78 is 15.9. The summed E-state index contributed by atoms with van der Waals surface area (Å²) >= 11 is 0. The van der Waals surface area contributed by atoms with Crippen LogP contribution in [0.2, 0.25) is 0 Å². The summed E-state index contributed by atoms with van der Waals surface area (Å²) in [5.41, 5.74) is 1.04. The molecule has 1 aliphatic rings. The fourth-order valence-corrected chi connectivity index (χ4v) is 2.05. The lowest BCUT2D eigenvalue weighted by Crippen LogP contribution is -2.35. The highest BCUT2D eigenvalue weighted by molar-refractivity contribution is 5.83. The van der Waals surface area contributed by atoms with Crippen LogP contribution in [0.3, 0.4) is 0 Å². The van der Waals surface area contributed by atoms with Gasteiger partial charge in [-0.3, -0.25) is 0 Å². The first-order valence-electron chi connectivity index (χ1n) is 6.87. The molecule has 21 heavy (non-hydrogen) atoms.